The molecular formula is C19H19F2N3O2S2. The number of aryl methyl sites for hydroxylation is 2. The predicted octanol–water partition coefficient (Wildman–Crippen LogP) is 4.66. The summed E-state index contributed by atoms with van der Waals surface area (Å²) in [7, 11) is 0. The van der Waals surface area contributed by atoms with E-state index in [9.17, 15) is 18.4 Å². The van der Waals surface area contributed by atoms with Gasteiger partial charge in [0.2, 0.25) is 5.91 Å². The molecule has 1 amide bonds. The SMILES string of the molecule is Cc1sc2nc(SCC(=O)Nc3ccc(F)cc3F)n(C(C)C)c(=O)c2c1C. The van der Waals surface area contributed by atoms with Crippen LogP contribution in [0.4, 0.5) is 14.5 Å². The lowest BCUT2D eigenvalue weighted by atomic mass is 10.2. The second-order valence-electron chi connectivity index (χ2n) is 6.59. The number of thiophene rings is 1. The molecule has 0 unspecified atom stereocenters. The van der Waals surface area contributed by atoms with Crippen LogP contribution in [0.1, 0.15) is 30.3 Å². The number of thioether (sulfide) groups is 1. The second kappa shape index (κ2) is 8.00. The smallest absolute Gasteiger partial charge is 0.263 e. The van der Waals surface area contributed by atoms with Crippen LogP contribution in [0.2, 0.25) is 0 Å². The van der Waals surface area contributed by atoms with Gasteiger partial charge in [-0.25, -0.2) is 13.8 Å². The summed E-state index contributed by atoms with van der Waals surface area (Å²) in [6, 6.07) is 2.80. The molecule has 0 aliphatic rings. The van der Waals surface area contributed by atoms with Gasteiger partial charge in [0.25, 0.3) is 5.56 Å². The maximum atomic E-state index is 13.7. The fraction of sp³-hybridized carbons (Fsp3) is 0.316. The van der Waals surface area contributed by atoms with Crippen LogP contribution < -0.4 is 10.9 Å². The van der Waals surface area contributed by atoms with E-state index in [1.165, 1.54) is 17.4 Å². The molecule has 148 valence electrons. The summed E-state index contributed by atoms with van der Waals surface area (Å²) in [4.78, 5) is 31.4. The van der Waals surface area contributed by atoms with Crippen LogP contribution in [0.25, 0.3) is 10.2 Å². The van der Waals surface area contributed by atoms with Gasteiger partial charge < -0.3 is 5.32 Å². The van der Waals surface area contributed by atoms with Crippen molar-refractivity contribution in [3.8, 4) is 0 Å². The van der Waals surface area contributed by atoms with Gasteiger partial charge in [0.1, 0.15) is 16.5 Å². The largest absolute Gasteiger partial charge is 0.323 e. The molecule has 1 N–H and O–H groups in total. The molecule has 0 spiro atoms. The third-order valence-corrected chi connectivity index (χ3v) is 6.31. The summed E-state index contributed by atoms with van der Waals surface area (Å²) < 4.78 is 28.2. The Kier molecular flexibility index (Phi) is 5.85. The van der Waals surface area contributed by atoms with Crippen LogP contribution in [0.3, 0.4) is 0 Å². The molecule has 0 bridgehead atoms. The zero-order valence-corrected chi connectivity index (χ0v) is 17.4. The van der Waals surface area contributed by atoms with Gasteiger partial charge in [-0.1, -0.05) is 11.8 Å². The molecule has 9 heteroatoms. The van der Waals surface area contributed by atoms with E-state index in [4.69, 9.17) is 0 Å². The van der Waals surface area contributed by atoms with Crippen LogP contribution in [0, 0.1) is 25.5 Å². The Labute approximate surface area is 168 Å². The van der Waals surface area contributed by atoms with Crippen molar-refractivity contribution in [1.82, 2.24) is 9.55 Å². The number of amides is 1. The molecule has 1 aromatic carbocycles. The molecule has 28 heavy (non-hydrogen) atoms. The van der Waals surface area contributed by atoms with E-state index in [-0.39, 0.29) is 23.0 Å². The van der Waals surface area contributed by atoms with Gasteiger partial charge in [0, 0.05) is 17.0 Å². The monoisotopic (exact) mass is 423 g/mol. The molecule has 0 saturated heterocycles. The van der Waals surface area contributed by atoms with Crippen molar-refractivity contribution >= 4 is 44.9 Å². The highest BCUT2D eigenvalue weighted by Gasteiger charge is 2.19. The van der Waals surface area contributed by atoms with Crippen molar-refractivity contribution in [1.29, 1.82) is 0 Å². The highest BCUT2D eigenvalue weighted by Crippen LogP contribution is 2.29. The number of halogens is 2. The lowest BCUT2D eigenvalue weighted by Crippen LogP contribution is -2.25. The number of carbonyl (C=O) groups excluding carboxylic acids is 1. The van der Waals surface area contributed by atoms with E-state index < -0.39 is 17.5 Å². The molecule has 0 atom stereocenters. The van der Waals surface area contributed by atoms with Crippen LogP contribution in [-0.4, -0.2) is 21.2 Å². The van der Waals surface area contributed by atoms with Crippen molar-refractivity contribution in [2.75, 3.05) is 11.1 Å². The average Bonchev–Trinajstić information content (AvgIpc) is 2.89. The first-order valence-corrected chi connectivity index (χ1v) is 10.4. The first kappa shape index (κ1) is 20.5. The summed E-state index contributed by atoms with van der Waals surface area (Å²) in [5.41, 5.74) is 0.698. The highest BCUT2D eigenvalue weighted by molar-refractivity contribution is 7.99. The first-order valence-electron chi connectivity index (χ1n) is 8.59. The number of anilines is 1. The summed E-state index contributed by atoms with van der Waals surface area (Å²) in [6.07, 6.45) is 0. The first-order chi connectivity index (χ1) is 13.2. The molecule has 5 nitrogen and oxygen atoms in total. The van der Waals surface area contributed by atoms with Gasteiger partial charge in [-0.2, -0.15) is 0 Å². The van der Waals surface area contributed by atoms with Crippen molar-refractivity contribution in [3.05, 3.63) is 50.6 Å². The maximum Gasteiger partial charge on any atom is 0.263 e. The average molecular weight is 424 g/mol. The number of hydrogen-bond donors (Lipinski definition) is 1. The Morgan fingerprint density at radius 2 is 2.04 bits per heavy atom. The van der Waals surface area contributed by atoms with E-state index in [1.807, 2.05) is 27.7 Å². The Morgan fingerprint density at radius 1 is 1.32 bits per heavy atom. The molecule has 2 heterocycles. The van der Waals surface area contributed by atoms with Crippen molar-refractivity contribution in [2.45, 2.75) is 38.9 Å². The Balaban J connectivity index is 1.86. The Hall–Kier alpha value is -2.26. The van der Waals surface area contributed by atoms with Crippen LogP contribution in [-0.2, 0) is 4.79 Å². The quantitative estimate of drug-likeness (QED) is 0.479. The molecule has 2 aromatic heterocycles. The zero-order valence-electron chi connectivity index (χ0n) is 15.8. The van der Waals surface area contributed by atoms with Gasteiger partial charge in [-0.05, 0) is 45.4 Å². The van der Waals surface area contributed by atoms with E-state index in [2.05, 4.69) is 10.3 Å². The summed E-state index contributed by atoms with van der Waals surface area (Å²) in [5.74, 6) is -2.10. The van der Waals surface area contributed by atoms with E-state index >= 15 is 0 Å². The van der Waals surface area contributed by atoms with E-state index in [0.717, 1.165) is 28.3 Å². The van der Waals surface area contributed by atoms with E-state index in [0.29, 0.717) is 21.4 Å². The van der Waals surface area contributed by atoms with Crippen molar-refractivity contribution < 1.29 is 13.6 Å². The number of carbonyl (C=O) groups is 1. The van der Waals surface area contributed by atoms with Crippen molar-refractivity contribution in [3.63, 3.8) is 0 Å². The minimum atomic E-state index is -0.846. The normalized spacial score (nSPS) is 11.4. The molecule has 3 rings (SSSR count). The van der Waals surface area contributed by atoms with Gasteiger partial charge in [-0.3, -0.25) is 14.2 Å². The number of nitrogens with zero attached hydrogens (tertiary/aromatic N) is 2. The number of hydrogen-bond acceptors (Lipinski definition) is 5. The molecule has 0 aliphatic heterocycles. The van der Waals surface area contributed by atoms with Crippen LogP contribution in [0.15, 0.2) is 28.2 Å². The fourth-order valence-corrected chi connectivity index (χ4v) is 4.75. The summed E-state index contributed by atoms with van der Waals surface area (Å²) in [6.45, 7) is 7.60. The van der Waals surface area contributed by atoms with E-state index in [1.54, 1.807) is 4.57 Å². The third-order valence-electron chi connectivity index (χ3n) is 4.26. The summed E-state index contributed by atoms with van der Waals surface area (Å²) in [5, 5.41) is 3.45. The minimum absolute atomic E-state index is 0.0647. The number of rotatable bonds is 5. The number of benzene rings is 1. The molecule has 0 aliphatic carbocycles. The van der Waals surface area contributed by atoms with Crippen LogP contribution in [0.5, 0.6) is 0 Å². The van der Waals surface area contributed by atoms with Crippen molar-refractivity contribution in [2.24, 2.45) is 0 Å². The molecule has 0 radical (unpaired) electrons. The number of fused-ring (bicyclic) bond motifs is 1. The highest BCUT2D eigenvalue weighted by atomic mass is 32.2. The molecule has 0 saturated carbocycles. The number of aromatic nitrogens is 2. The Bertz CT molecular complexity index is 1120. The second-order valence-corrected chi connectivity index (χ2v) is 8.73. The standard InChI is InChI=1S/C19H19F2N3O2S2/c1-9(2)24-18(26)16-10(3)11(4)28-17(16)23-19(24)27-8-15(25)22-14-6-5-12(20)7-13(14)21/h5-7,9H,8H2,1-4H3,(H,22,25). The minimum Gasteiger partial charge on any atom is -0.323 e. The van der Waals surface area contributed by atoms with Gasteiger partial charge in [0.05, 0.1) is 16.8 Å². The van der Waals surface area contributed by atoms with Gasteiger partial charge >= 0.3 is 0 Å². The van der Waals surface area contributed by atoms with Gasteiger partial charge in [-0.15, -0.1) is 11.3 Å². The van der Waals surface area contributed by atoms with Crippen LogP contribution >= 0.6 is 23.1 Å². The van der Waals surface area contributed by atoms with Gasteiger partial charge in [0.15, 0.2) is 5.16 Å². The molecule has 3 aromatic rings. The fourth-order valence-electron chi connectivity index (χ4n) is 2.75. The lowest BCUT2D eigenvalue weighted by Gasteiger charge is -2.15. The number of nitrogens with one attached hydrogen (secondary N) is 1. The third kappa shape index (κ3) is 3.95. The Morgan fingerprint density at radius 3 is 2.68 bits per heavy atom. The molecule has 0 fully saturated rings. The topological polar surface area (TPSA) is 64.0 Å². The lowest BCUT2D eigenvalue weighted by molar-refractivity contribution is -0.113. The summed E-state index contributed by atoms with van der Waals surface area (Å²) >= 11 is 2.55. The zero-order chi connectivity index (χ0) is 20.6. The predicted molar refractivity (Wildman–Crippen MR) is 109 cm³/mol. The molecular weight excluding hydrogens is 404 g/mol. The maximum absolute atomic E-state index is 13.7.